The zero-order chi connectivity index (χ0) is 48.5. The van der Waals surface area contributed by atoms with E-state index in [9.17, 15) is 19.2 Å². The van der Waals surface area contributed by atoms with E-state index in [2.05, 4.69) is 81.5 Å². The smallest absolute Gasteiger partial charge is 0.293 e. The maximum Gasteiger partial charge on any atom is 0.293 e. The van der Waals surface area contributed by atoms with Gasteiger partial charge in [-0.2, -0.15) is 0 Å². The Morgan fingerprint density at radius 1 is 0.855 bits per heavy atom. The van der Waals surface area contributed by atoms with Crippen LogP contribution in [0, 0.1) is 46.3 Å². The maximum absolute atomic E-state index is 13.5. The first-order valence-electron chi connectivity index (χ1n) is 24.5. The summed E-state index contributed by atoms with van der Waals surface area (Å²) >= 11 is 4.92. The van der Waals surface area contributed by atoms with E-state index >= 15 is 0 Å². The number of rotatable bonds is 16. The average molecular weight is 1020 g/mol. The molecular formula is C54H62BrN7O6S. The van der Waals surface area contributed by atoms with Gasteiger partial charge < -0.3 is 25.4 Å². The van der Waals surface area contributed by atoms with Gasteiger partial charge >= 0.3 is 0 Å². The molecule has 10 atom stereocenters. The number of pyridine rings is 2. The summed E-state index contributed by atoms with van der Waals surface area (Å²) in [7, 11) is 0. The molecule has 2 amide bonds. The van der Waals surface area contributed by atoms with Crippen LogP contribution in [0.4, 0.5) is 23.0 Å². The first-order valence-corrected chi connectivity index (χ1v) is 26.1. The highest BCUT2D eigenvalue weighted by atomic mass is 79.9. The second-order valence-corrected chi connectivity index (χ2v) is 22.7. The van der Waals surface area contributed by atoms with Gasteiger partial charge in [0.25, 0.3) is 18.9 Å². The van der Waals surface area contributed by atoms with Crippen molar-refractivity contribution in [2.45, 2.75) is 127 Å². The Labute approximate surface area is 417 Å². The highest BCUT2D eigenvalue weighted by Gasteiger charge is 2.63. The van der Waals surface area contributed by atoms with Crippen molar-refractivity contribution < 1.29 is 28.7 Å². The molecule has 4 fully saturated rings. The molecule has 0 saturated heterocycles. The molecule has 3 aromatic heterocycles. The molecule has 0 aliphatic heterocycles. The van der Waals surface area contributed by atoms with Crippen molar-refractivity contribution in [1.29, 1.82) is 0 Å². The molecule has 4 aliphatic carbocycles. The molecular weight excluding hydrogens is 955 g/mol. The van der Waals surface area contributed by atoms with Gasteiger partial charge in [0.05, 0.1) is 11.1 Å². The third-order valence-corrected chi connectivity index (χ3v) is 18.2. The van der Waals surface area contributed by atoms with Crippen LogP contribution < -0.4 is 16.0 Å². The summed E-state index contributed by atoms with van der Waals surface area (Å²) in [6, 6.07) is 20.8. The largest absolute Gasteiger partial charge is 0.465 e. The molecule has 362 valence electrons. The summed E-state index contributed by atoms with van der Waals surface area (Å²) in [6.07, 6.45) is 12.3. The van der Waals surface area contributed by atoms with Gasteiger partial charge in [0, 0.05) is 49.7 Å². The van der Waals surface area contributed by atoms with Crippen molar-refractivity contribution in [3.8, 4) is 0 Å². The predicted octanol–water partition coefficient (Wildman–Crippen LogP) is 12.2. The van der Waals surface area contributed by atoms with Crippen LogP contribution in [-0.2, 0) is 23.9 Å². The minimum Gasteiger partial charge on any atom is -0.465 e. The monoisotopic (exact) mass is 1020 g/mol. The molecule has 4 aliphatic rings. The number of nitrogens with one attached hydrogen (secondary N) is 3. The highest BCUT2D eigenvalue weighted by molar-refractivity contribution is 9.10. The summed E-state index contributed by atoms with van der Waals surface area (Å²) < 4.78 is 12.2. The molecule has 3 heterocycles. The van der Waals surface area contributed by atoms with Crippen molar-refractivity contribution in [1.82, 2.24) is 19.9 Å². The molecule has 0 radical (unpaired) electrons. The van der Waals surface area contributed by atoms with Crippen LogP contribution in [0.2, 0.25) is 0 Å². The molecule has 5 aromatic rings. The number of carbonyl (C=O) groups excluding carboxylic acids is 4. The van der Waals surface area contributed by atoms with Gasteiger partial charge in [-0.05, 0) is 187 Å². The van der Waals surface area contributed by atoms with Crippen molar-refractivity contribution >= 4 is 86.5 Å². The fourth-order valence-corrected chi connectivity index (χ4v) is 14.2. The number of ether oxygens (including phenoxy) is 2. The Kier molecular flexibility index (Phi) is 14.4. The molecule has 69 heavy (non-hydrogen) atoms. The number of fused-ring (bicyclic) bond motifs is 6. The lowest BCUT2D eigenvalue weighted by Gasteiger charge is -2.62. The van der Waals surface area contributed by atoms with Gasteiger partial charge in [0.1, 0.15) is 30.2 Å². The normalized spacial score (nSPS) is 27.6. The van der Waals surface area contributed by atoms with Gasteiger partial charge in [0.2, 0.25) is 5.91 Å². The van der Waals surface area contributed by atoms with E-state index in [4.69, 9.17) is 14.5 Å². The topological polar surface area (TPSA) is 174 Å². The van der Waals surface area contributed by atoms with Crippen molar-refractivity contribution in [3.63, 3.8) is 0 Å². The molecule has 3 N–H and O–H groups in total. The van der Waals surface area contributed by atoms with E-state index in [1.807, 2.05) is 48.5 Å². The Morgan fingerprint density at radius 3 is 2.39 bits per heavy atom. The fourth-order valence-electron chi connectivity index (χ4n) is 13.1. The summed E-state index contributed by atoms with van der Waals surface area (Å²) in [6.45, 7) is 12.7. The summed E-state index contributed by atoms with van der Waals surface area (Å²) in [4.78, 5) is 70.0. The minimum absolute atomic E-state index is 0.00344. The highest BCUT2D eigenvalue weighted by Crippen LogP contribution is 2.69. The Balaban J connectivity index is 0.846. The standard InChI is InChI=1S/C54H62BrN7O6S/c1-31(2)43-16-13-39-50(60-43)57-28-58-51(39)61-44-24-33(52(66)62-47-18-8-35(55)27-56-47)7-17-46(44)69-38-11-9-36(10-12-38)59-48(65)19-6-32(3)40-14-15-41-49-42(21-23-54(40,41)5)53(4)22-20-37(67-29-63)25-34(53)26-45(49)68-30-64/h7-13,16-18,24,27-32,34,37,40-42,45,49H,6,14-15,19-23,25-26H2,1-5H3,(H,59,65)(H,56,62,66)(H,57,58,60,61). The third-order valence-electron chi connectivity index (χ3n) is 16.6. The second-order valence-electron chi connectivity index (χ2n) is 20.7. The van der Waals surface area contributed by atoms with Crippen molar-refractivity contribution in [3.05, 3.63) is 95.0 Å². The molecule has 13 nitrogen and oxygen atoms in total. The number of hydrogen-bond donors (Lipinski definition) is 3. The Hall–Kier alpha value is -5.41. The van der Waals surface area contributed by atoms with Gasteiger partial charge in [-0.25, -0.2) is 19.9 Å². The molecule has 10 unspecified atom stereocenters. The van der Waals surface area contributed by atoms with E-state index in [1.165, 1.54) is 18.1 Å². The van der Waals surface area contributed by atoms with Crippen LogP contribution in [0.3, 0.4) is 0 Å². The number of hydrogen-bond acceptors (Lipinski definition) is 12. The van der Waals surface area contributed by atoms with E-state index in [-0.39, 0.29) is 40.8 Å². The van der Waals surface area contributed by atoms with Gasteiger partial charge in [-0.3, -0.25) is 19.2 Å². The van der Waals surface area contributed by atoms with Crippen molar-refractivity contribution in [2.75, 3.05) is 16.0 Å². The molecule has 9 rings (SSSR count). The zero-order valence-corrected chi connectivity index (χ0v) is 42.4. The van der Waals surface area contributed by atoms with Crippen LogP contribution in [-0.4, -0.2) is 56.9 Å². The summed E-state index contributed by atoms with van der Waals surface area (Å²) in [5.74, 6) is 3.40. The lowest BCUT2D eigenvalue weighted by Crippen LogP contribution is -2.59. The Morgan fingerprint density at radius 2 is 1.64 bits per heavy atom. The molecule has 15 heteroatoms. The second kappa shape index (κ2) is 20.5. The number of carbonyl (C=O) groups is 4. The number of aromatic nitrogens is 4. The zero-order valence-electron chi connectivity index (χ0n) is 40.0. The number of amides is 2. The average Bonchev–Trinajstić information content (AvgIpc) is 3.70. The maximum atomic E-state index is 13.5. The van der Waals surface area contributed by atoms with Crippen molar-refractivity contribution in [2.24, 2.45) is 46.3 Å². The van der Waals surface area contributed by atoms with E-state index in [1.54, 1.807) is 24.4 Å². The third kappa shape index (κ3) is 10.1. The fraction of sp³-hybridized carbons (Fsp3) is 0.481. The first kappa shape index (κ1) is 48.6. The van der Waals surface area contributed by atoms with E-state index in [0.717, 1.165) is 88.8 Å². The number of halogens is 1. The van der Waals surface area contributed by atoms with Gasteiger partial charge in [0.15, 0.2) is 5.65 Å². The Bertz CT molecular complexity index is 2690. The van der Waals surface area contributed by atoms with E-state index in [0.29, 0.717) is 83.4 Å². The van der Waals surface area contributed by atoms with Crippen LogP contribution in [0.25, 0.3) is 11.0 Å². The lowest BCUT2D eigenvalue weighted by atomic mass is 9.43. The van der Waals surface area contributed by atoms with Gasteiger partial charge in [-0.1, -0.05) is 46.4 Å². The molecule has 0 bridgehead atoms. The summed E-state index contributed by atoms with van der Waals surface area (Å²) in [5.41, 5.74) is 3.61. The lowest BCUT2D eigenvalue weighted by molar-refractivity contribution is -0.190. The molecule has 4 saturated carbocycles. The van der Waals surface area contributed by atoms with Crippen LogP contribution >= 0.6 is 27.7 Å². The quantitative estimate of drug-likeness (QED) is 0.0799. The predicted molar refractivity (Wildman–Crippen MR) is 271 cm³/mol. The number of anilines is 4. The number of benzene rings is 2. The number of nitrogens with zero attached hydrogens (tertiary/aromatic N) is 4. The molecule has 0 spiro atoms. The minimum atomic E-state index is -0.308. The summed E-state index contributed by atoms with van der Waals surface area (Å²) in [5, 5.41) is 10.3. The van der Waals surface area contributed by atoms with Crippen LogP contribution in [0.5, 0.6) is 0 Å². The molecule has 2 aromatic carbocycles. The van der Waals surface area contributed by atoms with Crippen LogP contribution in [0.1, 0.15) is 121 Å². The first-order chi connectivity index (χ1) is 33.3. The van der Waals surface area contributed by atoms with Gasteiger partial charge in [-0.15, -0.1) is 0 Å². The SMILES string of the molecule is CC(C)c1ccc2c(Nc3cc(C(=O)Nc4ccc(Br)cn4)ccc3Sc3ccc(NC(=O)CCC(C)C4CCC5C6C(OC=O)CC7CC(OC=O)CCC7(C)C6CCC45C)cc3)ncnc2n1. The van der Waals surface area contributed by atoms with E-state index < -0.39 is 0 Å². The van der Waals surface area contributed by atoms with Crippen LogP contribution in [0.15, 0.2) is 93.5 Å².